The monoisotopic (exact) mass is 228 g/mol. The van der Waals surface area contributed by atoms with Crippen molar-refractivity contribution in [2.24, 2.45) is 5.92 Å². The van der Waals surface area contributed by atoms with Crippen molar-refractivity contribution in [2.45, 2.75) is 63.5 Å². The van der Waals surface area contributed by atoms with E-state index in [1.165, 1.54) is 0 Å². The first-order valence-corrected chi connectivity index (χ1v) is 6.08. The predicted octanol–water partition coefficient (Wildman–Crippen LogP) is 1.68. The van der Waals surface area contributed by atoms with Gasteiger partial charge in [0.1, 0.15) is 17.8 Å². The number of hydrogen-bond donors (Lipinski definition) is 0. The van der Waals surface area contributed by atoms with Gasteiger partial charge in [0.15, 0.2) is 12.1 Å². The van der Waals surface area contributed by atoms with Gasteiger partial charge in [0.05, 0.1) is 0 Å². The number of ether oxygens (including phenoxy) is 4. The summed E-state index contributed by atoms with van der Waals surface area (Å²) in [6, 6.07) is 0. The minimum atomic E-state index is -0.510. The van der Waals surface area contributed by atoms with E-state index in [9.17, 15) is 0 Å². The molecule has 2 aliphatic heterocycles. The van der Waals surface area contributed by atoms with Gasteiger partial charge in [0.2, 0.25) is 0 Å². The third-order valence-corrected chi connectivity index (χ3v) is 4.04. The first-order chi connectivity index (χ1) is 7.52. The second-order valence-corrected chi connectivity index (χ2v) is 5.51. The molecule has 2 saturated heterocycles. The average Bonchev–Trinajstić information content (AvgIpc) is 2.75. The molecular formula is C12H20O4. The van der Waals surface area contributed by atoms with Crippen molar-refractivity contribution in [1.29, 1.82) is 0 Å². The van der Waals surface area contributed by atoms with E-state index < -0.39 is 5.79 Å². The summed E-state index contributed by atoms with van der Waals surface area (Å²) in [6.07, 6.45) is 1.89. The zero-order valence-corrected chi connectivity index (χ0v) is 10.4. The summed E-state index contributed by atoms with van der Waals surface area (Å²) in [5, 5.41) is 0. The number of rotatable bonds is 2. The molecule has 1 saturated carbocycles. The van der Waals surface area contributed by atoms with Gasteiger partial charge in [-0.1, -0.05) is 13.3 Å². The molecular weight excluding hydrogens is 208 g/mol. The molecule has 3 rings (SSSR count). The molecule has 4 nitrogen and oxygen atoms in total. The Morgan fingerprint density at radius 2 is 2.00 bits per heavy atom. The lowest BCUT2D eigenvalue weighted by atomic mass is 10.1. The Bertz CT molecular complexity index is 303. The highest BCUT2D eigenvalue weighted by Crippen LogP contribution is 2.61. The predicted molar refractivity (Wildman–Crippen MR) is 56.8 cm³/mol. The summed E-state index contributed by atoms with van der Waals surface area (Å²) in [5.74, 6) is 0.0849. The van der Waals surface area contributed by atoms with Crippen LogP contribution in [0.5, 0.6) is 0 Å². The first kappa shape index (κ1) is 11.0. The molecule has 4 heteroatoms. The number of methoxy groups -OCH3 is 1. The van der Waals surface area contributed by atoms with Crippen molar-refractivity contribution in [1.82, 2.24) is 0 Å². The molecule has 0 aromatic carbocycles. The molecule has 0 bridgehead atoms. The Morgan fingerprint density at radius 1 is 1.25 bits per heavy atom. The SMILES string of the molecule is CC[C@@H]1C[C@@]12O[C@@H](OC)[C@H]1OC(C)(C)OC12. The Morgan fingerprint density at radius 3 is 2.56 bits per heavy atom. The Labute approximate surface area is 96.2 Å². The lowest BCUT2D eigenvalue weighted by Gasteiger charge is -2.24. The van der Waals surface area contributed by atoms with Crippen LogP contribution in [0, 0.1) is 5.92 Å². The van der Waals surface area contributed by atoms with Gasteiger partial charge in [-0.25, -0.2) is 0 Å². The van der Waals surface area contributed by atoms with Crippen LogP contribution in [-0.2, 0) is 18.9 Å². The summed E-state index contributed by atoms with van der Waals surface area (Å²) < 4.78 is 23.2. The van der Waals surface area contributed by atoms with Gasteiger partial charge in [-0.05, 0) is 26.2 Å². The van der Waals surface area contributed by atoms with Gasteiger partial charge in [-0.2, -0.15) is 0 Å². The van der Waals surface area contributed by atoms with E-state index in [1.807, 2.05) is 13.8 Å². The van der Waals surface area contributed by atoms with Gasteiger partial charge in [0, 0.05) is 7.11 Å². The van der Waals surface area contributed by atoms with Crippen molar-refractivity contribution in [3.8, 4) is 0 Å². The van der Waals surface area contributed by atoms with Crippen molar-refractivity contribution in [2.75, 3.05) is 7.11 Å². The molecule has 3 fully saturated rings. The zero-order valence-electron chi connectivity index (χ0n) is 10.4. The fourth-order valence-corrected chi connectivity index (χ4v) is 3.21. The Balaban J connectivity index is 1.85. The Hall–Kier alpha value is -0.160. The third kappa shape index (κ3) is 1.30. The zero-order chi connectivity index (χ0) is 11.6. The fraction of sp³-hybridized carbons (Fsp3) is 1.00. The molecule has 0 amide bonds. The molecule has 3 aliphatic rings. The Kier molecular flexibility index (Phi) is 2.19. The molecule has 0 N–H and O–H groups in total. The number of fused-ring (bicyclic) bond motifs is 2. The second kappa shape index (κ2) is 3.19. The van der Waals surface area contributed by atoms with Gasteiger partial charge in [-0.15, -0.1) is 0 Å². The van der Waals surface area contributed by atoms with E-state index in [4.69, 9.17) is 18.9 Å². The largest absolute Gasteiger partial charge is 0.353 e. The first-order valence-electron chi connectivity index (χ1n) is 6.08. The van der Waals surface area contributed by atoms with Crippen LogP contribution in [0.25, 0.3) is 0 Å². The maximum absolute atomic E-state index is 6.00. The lowest BCUT2D eigenvalue weighted by Crippen LogP contribution is -2.32. The normalized spacial score (nSPS) is 53.2. The second-order valence-electron chi connectivity index (χ2n) is 5.51. The minimum Gasteiger partial charge on any atom is -0.353 e. The molecule has 92 valence electrons. The summed E-state index contributed by atoms with van der Waals surface area (Å²) in [4.78, 5) is 0. The summed E-state index contributed by atoms with van der Waals surface area (Å²) in [5.41, 5.74) is -0.131. The van der Waals surface area contributed by atoms with Crippen LogP contribution >= 0.6 is 0 Å². The smallest absolute Gasteiger partial charge is 0.186 e. The van der Waals surface area contributed by atoms with E-state index >= 15 is 0 Å². The van der Waals surface area contributed by atoms with Crippen molar-refractivity contribution < 1.29 is 18.9 Å². The van der Waals surface area contributed by atoms with Gasteiger partial charge < -0.3 is 18.9 Å². The van der Waals surface area contributed by atoms with Crippen molar-refractivity contribution in [3.63, 3.8) is 0 Å². The molecule has 1 spiro atoms. The fourth-order valence-electron chi connectivity index (χ4n) is 3.21. The lowest BCUT2D eigenvalue weighted by molar-refractivity contribution is -0.234. The standard InChI is InChI=1S/C12H20O4/c1-5-7-6-12(7)9-8(10(13-4)16-12)14-11(2,3)15-9/h7-10H,5-6H2,1-4H3/t7-,8+,9?,10-,12-/m1/s1. The molecule has 0 aromatic rings. The summed E-state index contributed by atoms with van der Waals surface area (Å²) in [7, 11) is 1.67. The molecule has 0 radical (unpaired) electrons. The van der Waals surface area contributed by atoms with Crippen LogP contribution < -0.4 is 0 Å². The highest BCUT2D eigenvalue weighted by Gasteiger charge is 2.72. The quantitative estimate of drug-likeness (QED) is 0.720. The molecule has 5 atom stereocenters. The van der Waals surface area contributed by atoms with Crippen molar-refractivity contribution >= 4 is 0 Å². The van der Waals surface area contributed by atoms with E-state index in [1.54, 1.807) is 7.11 Å². The molecule has 2 heterocycles. The molecule has 1 aliphatic carbocycles. The van der Waals surface area contributed by atoms with Crippen LogP contribution in [0.3, 0.4) is 0 Å². The minimum absolute atomic E-state index is 0.0393. The third-order valence-electron chi connectivity index (χ3n) is 4.04. The van der Waals surface area contributed by atoms with E-state index in [2.05, 4.69) is 6.92 Å². The topological polar surface area (TPSA) is 36.9 Å². The summed E-state index contributed by atoms with van der Waals surface area (Å²) >= 11 is 0. The van der Waals surface area contributed by atoms with Crippen molar-refractivity contribution in [3.05, 3.63) is 0 Å². The van der Waals surface area contributed by atoms with Crippen LogP contribution in [0.1, 0.15) is 33.6 Å². The van der Waals surface area contributed by atoms with E-state index in [-0.39, 0.29) is 24.1 Å². The van der Waals surface area contributed by atoms with Gasteiger partial charge in [0.25, 0.3) is 0 Å². The maximum atomic E-state index is 6.00. The highest BCUT2D eigenvalue weighted by molar-refractivity contribution is 5.18. The molecule has 0 aromatic heterocycles. The van der Waals surface area contributed by atoms with Crippen LogP contribution in [0.4, 0.5) is 0 Å². The average molecular weight is 228 g/mol. The van der Waals surface area contributed by atoms with Crippen LogP contribution in [0.2, 0.25) is 0 Å². The van der Waals surface area contributed by atoms with Gasteiger partial charge in [-0.3, -0.25) is 0 Å². The van der Waals surface area contributed by atoms with Crippen LogP contribution in [-0.4, -0.2) is 37.0 Å². The van der Waals surface area contributed by atoms with E-state index in [0.717, 1.165) is 12.8 Å². The molecule has 16 heavy (non-hydrogen) atoms. The van der Waals surface area contributed by atoms with Crippen LogP contribution in [0.15, 0.2) is 0 Å². The van der Waals surface area contributed by atoms with E-state index in [0.29, 0.717) is 5.92 Å². The molecule has 1 unspecified atom stereocenters. The number of hydrogen-bond acceptors (Lipinski definition) is 4. The highest BCUT2D eigenvalue weighted by atomic mass is 16.8. The maximum Gasteiger partial charge on any atom is 0.186 e. The summed E-state index contributed by atoms with van der Waals surface area (Å²) in [6.45, 7) is 6.10. The van der Waals surface area contributed by atoms with Gasteiger partial charge >= 0.3 is 0 Å².